The Bertz CT molecular complexity index is 541. The molecule has 0 saturated carbocycles. The molecule has 1 amide bonds. The van der Waals surface area contributed by atoms with Crippen LogP contribution < -0.4 is 5.32 Å². The lowest BCUT2D eigenvalue weighted by Gasteiger charge is -2.19. The molecule has 0 saturated heterocycles. The van der Waals surface area contributed by atoms with E-state index in [0.29, 0.717) is 6.54 Å². The first kappa shape index (κ1) is 18.3. The maximum Gasteiger partial charge on any atom is 0.407 e. The van der Waals surface area contributed by atoms with Crippen LogP contribution in [0.15, 0.2) is 23.1 Å². The van der Waals surface area contributed by atoms with Crippen molar-refractivity contribution in [3.05, 3.63) is 33.9 Å². The van der Waals surface area contributed by atoms with Gasteiger partial charge in [0.25, 0.3) is 5.69 Å². The number of non-ortho nitro benzene ring substituents is 1. The normalized spacial score (nSPS) is 11.1. The van der Waals surface area contributed by atoms with Gasteiger partial charge in [-0.2, -0.15) is 0 Å². The second-order valence-corrected chi connectivity index (χ2v) is 6.97. The summed E-state index contributed by atoms with van der Waals surface area (Å²) in [6.07, 6.45) is 0.379. The highest BCUT2D eigenvalue weighted by atomic mass is 32.2. The summed E-state index contributed by atoms with van der Waals surface area (Å²) in [6.45, 7) is 7.85. The minimum Gasteiger partial charge on any atom is -0.444 e. The summed E-state index contributed by atoms with van der Waals surface area (Å²) < 4.78 is 5.14. The zero-order valence-corrected chi connectivity index (χ0v) is 14.2. The van der Waals surface area contributed by atoms with Crippen LogP contribution in [0.1, 0.15) is 32.8 Å². The van der Waals surface area contributed by atoms with Gasteiger partial charge in [0.2, 0.25) is 0 Å². The van der Waals surface area contributed by atoms with Gasteiger partial charge in [-0.05, 0) is 51.5 Å². The fourth-order valence-corrected chi connectivity index (χ4v) is 2.63. The molecule has 1 N–H and O–H groups in total. The molecule has 0 radical (unpaired) electrons. The fraction of sp³-hybridized carbons (Fsp3) is 0.533. The first-order chi connectivity index (χ1) is 10.2. The molecule has 0 aliphatic carbocycles. The van der Waals surface area contributed by atoms with E-state index in [9.17, 15) is 14.9 Å². The average Bonchev–Trinajstić information content (AvgIpc) is 2.37. The number of benzene rings is 1. The number of amides is 1. The van der Waals surface area contributed by atoms with Gasteiger partial charge in [-0.25, -0.2) is 4.79 Å². The molecule has 0 bridgehead atoms. The summed E-state index contributed by atoms with van der Waals surface area (Å²) >= 11 is 1.62. The van der Waals surface area contributed by atoms with E-state index in [-0.39, 0.29) is 5.69 Å². The lowest BCUT2D eigenvalue weighted by molar-refractivity contribution is -0.385. The Kier molecular flexibility index (Phi) is 6.67. The van der Waals surface area contributed by atoms with Gasteiger partial charge in [0.1, 0.15) is 5.60 Å². The van der Waals surface area contributed by atoms with Crippen molar-refractivity contribution in [2.45, 2.75) is 44.6 Å². The molecule has 22 heavy (non-hydrogen) atoms. The average molecular weight is 326 g/mol. The van der Waals surface area contributed by atoms with Crippen molar-refractivity contribution < 1.29 is 14.5 Å². The highest BCUT2D eigenvalue weighted by molar-refractivity contribution is 7.99. The standard InChI is InChI=1S/C15H22N2O4S/c1-11-10-12(17(19)20)6-7-13(11)22-9-5-8-16-14(18)21-15(2,3)4/h6-7,10H,5,8-9H2,1-4H3,(H,16,18). The Morgan fingerprint density at radius 2 is 2.09 bits per heavy atom. The van der Waals surface area contributed by atoms with Crippen molar-refractivity contribution in [1.82, 2.24) is 5.32 Å². The molecule has 0 aromatic heterocycles. The van der Waals surface area contributed by atoms with Gasteiger partial charge >= 0.3 is 6.09 Å². The number of nitrogens with zero attached hydrogens (tertiary/aromatic N) is 1. The number of alkyl carbamates (subject to hydrolysis) is 1. The molecule has 0 heterocycles. The highest BCUT2D eigenvalue weighted by Crippen LogP contribution is 2.26. The highest BCUT2D eigenvalue weighted by Gasteiger charge is 2.15. The molecule has 0 fully saturated rings. The van der Waals surface area contributed by atoms with Gasteiger partial charge < -0.3 is 10.1 Å². The summed E-state index contributed by atoms with van der Waals surface area (Å²) in [5, 5.41) is 13.4. The Morgan fingerprint density at radius 1 is 1.41 bits per heavy atom. The van der Waals surface area contributed by atoms with Crippen LogP contribution in [0, 0.1) is 17.0 Å². The molecule has 1 aromatic carbocycles. The first-order valence-corrected chi connectivity index (χ1v) is 8.02. The molecule has 0 aliphatic rings. The zero-order chi connectivity index (χ0) is 16.8. The number of hydrogen-bond acceptors (Lipinski definition) is 5. The van der Waals surface area contributed by atoms with Gasteiger partial charge in [0, 0.05) is 23.6 Å². The second kappa shape index (κ2) is 8.03. The Labute approximate surface area is 134 Å². The van der Waals surface area contributed by atoms with E-state index >= 15 is 0 Å². The fourth-order valence-electron chi connectivity index (χ4n) is 1.67. The topological polar surface area (TPSA) is 81.5 Å². The van der Waals surface area contributed by atoms with Crippen LogP contribution in [0.3, 0.4) is 0 Å². The number of hydrogen-bond donors (Lipinski definition) is 1. The summed E-state index contributed by atoms with van der Waals surface area (Å²) in [6, 6.07) is 4.84. The van der Waals surface area contributed by atoms with Gasteiger partial charge in [-0.3, -0.25) is 10.1 Å². The number of nitro groups is 1. The number of carbonyl (C=O) groups excluding carboxylic acids is 1. The predicted octanol–water partition coefficient (Wildman–Crippen LogP) is 3.91. The third-order valence-electron chi connectivity index (χ3n) is 2.62. The zero-order valence-electron chi connectivity index (χ0n) is 13.3. The van der Waals surface area contributed by atoms with E-state index in [1.807, 2.05) is 27.7 Å². The van der Waals surface area contributed by atoms with Crippen LogP contribution in [-0.2, 0) is 4.74 Å². The van der Waals surface area contributed by atoms with E-state index in [0.717, 1.165) is 22.6 Å². The van der Waals surface area contributed by atoms with Crippen LogP contribution in [0.2, 0.25) is 0 Å². The van der Waals surface area contributed by atoms with Crippen molar-refractivity contribution >= 4 is 23.5 Å². The van der Waals surface area contributed by atoms with E-state index in [1.165, 1.54) is 6.07 Å². The molecule has 0 spiro atoms. The number of aryl methyl sites for hydroxylation is 1. The third kappa shape index (κ3) is 6.80. The molecule has 0 unspecified atom stereocenters. The second-order valence-electron chi connectivity index (χ2n) is 5.84. The van der Waals surface area contributed by atoms with Crippen LogP contribution in [0.4, 0.5) is 10.5 Å². The number of nitro benzene ring substituents is 1. The predicted molar refractivity (Wildman–Crippen MR) is 87.4 cm³/mol. The quantitative estimate of drug-likeness (QED) is 0.371. The summed E-state index contributed by atoms with van der Waals surface area (Å²) in [5.74, 6) is 0.814. The Morgan fingerprint density at radius 3 is 2.64 bits per heavy atom. The molecule has 122 valence electrons. The maximum absolute atomic E-state index is 11.4. The summed E-state index contributed by atoms with van der Waals surface area (Å²) in [7, 11) is 0. The molecule has 7 heteroatoms. The first-order valence-electron chi connectivity index (χ1n) is 7.04. The largest absolute Gasteiger partial charge is 0.444 e. The van der Waals surface area contributed by atoms with Crippen molar-refractivity contribution in [2.75, 3.05) is 12.3 Å². The monoisotopic (exact) mass is 326 g/mol. The number of ether oxygens (including phenoxy) is 1. The molecular formula is C15H22N2O4S. The smallest absolute Gasteiger partial charge is 0.407 e. The maximum atomic E-state index is 11.4. The molecule has 6 nitrogen and oxygen atoms in total. The van der Waals surface area contributed by atoms with Crippen molar-refractivity contribution in [1.29, 1.82) is 0 Å². The van der Waals surface area contributed by atoms with Gasteiger partial charge in [0.15, 0.2) is 0 Å². The van der Waals surface area contributed by atoms with Crippen LogP contribution in [-0.4, -0.2) is 28.9 Å². The number of carbonyl (C=O) groups is 1. The molecule has 1 rings (SSSR count). The van der Waals surface area contributed by atoms with Crippen LogP contribution >= 0.6 is 11.8 Å². The minimum atomic E-state index is -0.491. The number of thioether (sulfide) groups is 1. The molecule has 0 aliphatic heterocycles. The lowest BCUT2D eigenvalue weighted by Crippen LogP contribution is -2.33. The summed E-state index contributed by atoms with van der Waals surface area (Å²) in [5.41, 5.74) is 0.502. The summed E-state index contributed by atoms with van der Waals surface area (Å²) in [4.78, 5) is 22.7. The van der Waals surface area contributed by atoms with E-state index in [2.05, 4.69) is 5.32 Å². The molecule has 0 atom stereocenters. The SMILES string of the molecule is Cc1cc([N+](=O)[O-])ccc1SCCCNC(=O)OC(C)(C)C. The van der Waals surface area contributed by atoms with E-state index < -0.39 is 16.6 Å². The number of rotatable bonds is 6. The van der Waals surface area contributed by atoms with Crippen LogP contribution in [0.5, 0.6) is 0 Å². The van der Waals surface area contributed by atoms with E-state index in [4.69, 9.17) is 4.74 Å². The van der Waals surface area contributed by atoms with Crippen LogP contribution in [0.25, 0.3) is 0 Å². The number of nitrogens with one attached hydrogen (secondary N) is 1. The van der Waals surface area contributed by atoms with Crippen molar-refractivity contribution in [3.8, 4) is 0 Å². The lowest BCUT2D eigenvalue weighted by atomic mass is 10.2. The Hall–Kier alpha value is -1.76. The minimum absolute atomic E-state index is 0.105. The van der Waals surface area contributed by atoms with Crippen molar-refractivity contribution in [3.63, 3.8) is 0 Å². The van der Waals surface area contributed by atoms with Crippen molar-refractivity contribution in [2.24, 2.45) is 0 Å². The Balaban J connectivity index is 2.31. The molecule has 1 aromatic rings. The van der Waals surface area contributed by atoms with Gasteiger partial charge in [-0.15, -0.1) is 11.8 Å². The van der Waals surface area contributed by atoms with Gasteiger partial charge in [-0.1, -0.05) is 0 Å². The molecular weight excluding hydrogens is 304 g/mol. The van der Waals surface area contributed by atoms with E-state index in [1.54, 1.807) is 23.9 Å². The van der Waals surface area contributed by atoms with Gasteiger partial charge in [0.05, 0.1) is 4.92 Å². The third-order valence-corrected chi connectivity index (χ3v) is 3.88.